The van der Waals surface area contributed by atoms with Crippen LogP contribution in [0.1, 0.15) is 0 Å². The standard InChI is InChI=1S/C17H13ClN2O2/c1-22-16-17(21)20(13-10-6-3-7-11-13)14(15(18)19-16)12-8-4-2-5-9-12/h2-11H,1H3. The number of aromatic nitrogens is 2. The van der Waals surface area contributed by atoms with Gasteiger partial charge in [0.1, 0.15) is 0 Å². The Labute approximate surface area is 132 Å². The lowest BCUT2D eigenvalue weighted by molar-refractivity contribution is 0.389. The van der Waals surface area contributed by atoms with Gasteiger partial charge in [-0.05, 0) is 12.1 Å². The predicted octanol–water partition coefficient (Wildman–Crippen LogP) is 3.56. The van der Waals surface area contributed by atoms with Gasteiger partial charge in [0.25, 0.3) is 5.88 Å². The Kier molecular flexibility index (Phi) is 3.94. The number of para-hydroxylation sites is 1. The van der Waals surface area contributed by atoms with Crippen LogP contribution in [0, 0.1) is 0 Å². The van der Waals surface area contributed by atoms with E-state index in [0.717, 1.165) is 5.56 Å². The van der Waals surface area contributed by atoms with Gasteiger partial charge in [-0.25, -0.2) is 0 Å². The van der Waals surface area contributed by atoms with Crippen LogP contribution in [-0.2, 0) is 0 Å². The van der Waals surface area contributed by atoms with Crippen molar-refractivity contribution in [1.82, 2.24) is 9.55 Å². The Balaban J connectivity index is 2.39. The predicted molar refractivity (Wildman–Crippen MR) is 86.8 cm³/mol. The number of ether oxygens (including phenoxy) is 1. The van der Waals surface area contributed by atoms with Crippen LogP contribution in [-0.4, -0.2) is 16.7 Å². The maximum Gasteiger partial charge on any atom is 0.318 e. The molecule has 2 aromatic carbocycles. The second-order valence-electron chi connectivity index (χ2n) is 4.60. The van der Waals surface area contributed by atoms with Gasteiger partial charge < -0.3 is 4.74 Å². The molecule has 1 aromatic heterocycles. The molecule has 22 heavy (non-hydrogen) atoms. The van der Waals surface area contributed by atoms with Gasteiger partial charge in [0, 0.05) is 11.3 Å². The first kappa shape index (κ1) is 14.4. The third kappa shape index (κ3) is 2.49. The summed E-state index contributed by atoms with van der Waals surface area (Å²) in [6.07, 6.45) is 0. The normalized spacial score (nSPS) is 10.5. The van der Waals surface area contributed by atoms with Crippen molar-refractivity contribution in [2.45, 2.75) is 0 Å². The molecular formula is C17H13ClN2O2. The van der Waals surface area contributed by atoms with E-state index in [4.69, 9.17) is 16.3 Å². The van der Waals surface area contributed by atoms with E-state index in [1.165, 1.54) is 11.7 Å². The molecule has 0 saturated carbocycles. The van der Waals surface area contributed by atoms with E-state index in [0.29, 0.717) is 11.4 Å². The van der Waals surface area contributed by atoms with Crippen molar-refractivity contribution >= 4 is 11.6 Å². The second kappa shape index (κ2) is 6.03. The summed E-state index contributed by atoms with van der Waals surface area (Å²) < 4.78 is 6.57. The minimum absolute atomic E-state index is 0.0338. The Morgan fingerprint density at radius 2 is 1.59 bits per heavy atom. The number of methoxy groups -OCH3 is 1. The molecule has 1 heterocycles. The van der Waals surface area contributed by atoms with Crippen molar-refractivity contribution in [3.63, 3.8) is 0 Å². The topological polar surface area (TPSA) is 44.1 Å². The third-order valence-corrected chi connectivity index (χ3v) is 3.52. The fourth-order valence-electron chi connectivity index (χ4n) is 2.28. The van der Waals surface area contributed by atoms with Gasteiger partial charge >= 0.3 is 5.56 Å². The lowest BCUT2D eigenvalue weighted by Crippen LogP contribution is -2.23. The molecule has 3 aromatic rings. The van der Waals surface area contributed by atoms with E-state index in [9.17, 15) is 4.79 Å². The summed E-state index contributed by atoms with van der Waals surface area (Å²) in [5.41, 5.74) is 1.70. The maximum absolute atomic E-state index is 12.7. The number of halogens is 1. The molecule has 0 saturated heterocycles. The van der Waals surface area contributed by atoms with Gasteiger partial charge in [-0.3, -0.25) is 9.36 Å². The molecule has 0 atom stereocenters. The fourth-order valence-corrected chi connectivity index (χ4v) is 2.55. The highest BCUT2D eigenvalue weighted by molar-refractivity contribution is 6.31. The van der Waals surface area contributed by atoms with Crippen LogP contribution >= 0.6 is 11.6 Å². The van der Waals surface area contributed by atoms with E-state index < -0.39 is 0 Å². The molecule has 0 N–H and O–H groups in total. The lowest BCUT2D eigenvalue weighted by Gasteiger charge is -2.15. The zero-order valence-electron chi connectivity index (χ0n) is 11.9. The summed E-state index contributed by atoms with van der Waals surface area (Å²) in [5.74, 6) is -0.0338. The molecule has 0 spiro atoms. The fraction of sp³-hybridized carbons (Fsp3) is 0.0588. The van der Waals surface area contributed by atoms with Gasteiger partial charge in [-0.15, -0.1) is 0 Å². The molecule has 3 rings (SSSR count). The molecule has 0 amide bonds. The largest absolute Gasteiger partial charge is 0.477 e. The lowest BCUT2D eigenvalue weighted by atomic mass is 10.1. The number of rotatable bonds is 3. The Hall–Kier alpha value is -2.59. The average molecular weight is 313 g/mol. The van der Waals surface area contributed by atoms with Crippen LogP contribution in [0.2, 0.25) is 5.15 Å². The van der Waals surface area contributed by atoms with Crippen LogP contribution < -0.4 is 10.3 Å². The van der Waals surface area contributed by atoms with Crippen molar-refractivity contribution in [3.05, 3.63) is 76.2 Å². The SMILES string of the molecule is COc1nc(Cl)c(-c2ccccc2)n(-c2ccccc2)c1=O. The van der Waals surface area contributed by atoms with Gasteiger partial charge in [-0.2, -0.15) is 4.98 Å². The van der Waals surface area contributed by atoms with E-state index >= 15 is 0 Å². The summed E-state index contributed by atoms with van der Waals surface area (Å²) in [4.78, 5) is 16.7. The van der Waals surface area contributed by atoms with Crippen LogP contribution in [0.4, 0.5) is 0 Å². The first-order chi connectivity index (χ1) is 10.7. The van der Waals surface area contributed by atoms with Crippen molar-refractivity contribution in [3.8, 4) is 22.8 Å². The van der Waals surface area contributed by atoms with Gasteiger partial charge in [0.05, 0.1) is 12.8 Å². The quantitative estimate of drug-likeness (QED) is 0.742. The summed E-state index contributed by atoms with van der Waals surface area (Å²) in [6.45, 7) is 0. The highest BCUT2D eigenvalue weighted by Crippen LogP contribution is 2.28. The van der Waals surface area contributed by atoms with E-state index in [-0.39, 0.29) is 16.6 Å². The zero-order chi connectivity index (χ0) is 15.5. The number of hydrogen-bond acceptors (Lipinski definition) is 3. The van der Waals surface area contributed by atoms with Gasteiger partial charge in [-0.1, -0.05) is 60.1 Å². The highest BCUT2D eigenvalue weighted by Gasteiger charge is 2.18. The molecule has 4 nitrogen and oxygen atoms in total. The van der Waals surface area contributed by atoms with E-state index in [2.05, 4.69) is 4.98 Å². The average Bonchev–Trinajstić information content (AvgIpc) is 2.57. The smallest absolute Gasteiger partial charge is 0.318 e. The Bertz CT molecular complexity index is 846. The number of hydrogen-bond donors (Lipinski definition) is 0. The molecule has 0 unspecified atom stereocenters. The summed E-state index contributed by atoms with van der Waals surface area (Å²) in [5, 5.41) is 0.214. The first-order valence-electron chi connectivity index (χ1n) is 6.69. The molecule has 0 aliphatic heterocycles. The van der Waals surface area contributed by atoms with Crippen LogP contribution in [0.15, 0.2) is 65.5 Å². The van der Waals surface area contributed by atoms with Crippen LogP contribution in [0.3, 0.4) is 0 Å². The Morgan fingerprint density at radius 3 is 2.18 bits per heavy atom. The third-order valence-electron chi connectivity index (χ3n) is 3.26. The minimum atomic E-state index is -0.350. The molecular weight excluding hydrogens is 300 g/mol. The van der Waals surface area contributed by atoms with Gasteiger partial charge in [0.2, 0.25) is 0 Å². The van der Waals surface area contributed by atoms with E-state index in [1.54, 1.807) is 0 Å². The number of nitrogens with zero attached hydrogens (tertiary/aromatic N) is 2. The molecule has 0 aliphatic rings. The Morgan fingerprint density at radius 1 is 1.00 bits per heavy atom. The van der Waals surface area contributed by atoms with Crippen molar-refractivity contribution < 1.29 is 4.74 Å². The molecule has 5 heteroatoms. The first-order valence-corrected chi connectivity index (χ1v) is 7.07. The van der Waals surface area contributed by atoms with E-state index in [1.807, 2.05) is 60.7 Å². The molecule has 0 radical (unpaired) electrons. The molecule has 0 aliphatic carbocycles. The van der Waals surface area contributed by atoms with Crippen molar-refractivity contribution in [2.75, 3.05) is 7.11 Å². The molecule has 0 fully saturated rings. The summed E-state index contributed by atoms with van der Waals surface area (Å²) >= 11 is 6.32. The van der Waals surface area contributed by atoms with Crippen LogP contribution in [0.25, 0.3) is 16.9 Å². The molecule has 0 bridgehead atoms. The van der Waals surface area contributed by atoms with Crippen molar-refractivity contribution in [1.29, 1.82) is 0 Å². The monoisotopic (exact) mass is 312 g/mol. The maximum atomic E-state index is 12.7. The summed E-state index contributed by atoms with van der Waals surface area (Å²) in [6, 6.07) is 18.7. The van der Waals surface area contributed by atoms with Crippen LogP contribution in [0.5, 0.6) is 5.88 Å². The zero-order valence-corrected chi connectivity index (χ0v) is 12.6. The van der Waals surface area contributed by atoms with Gasteiger partial charge in [0.15, 0.2) is 5.15 Å². The molecule has 110 valence electrons. The van der Waals surface area contributed by atoms with Crippen molar-refractivity contribution in [2.24, 2.45) is 0 Å². The minimum Gasteiger partial charge on any atom is -0.477 e. The highest BCUT2D eigenvalue weighted by atomic mass is 35.5. The second-order valence-corrected chi connectivity index (χ2v) is 4.96. The number of benzene rings is 2. The summed E-state index contributed by atoms with van der Waals surface area (Å²) in [7, 11) is 1.40.